The van der Waals surface area contributed by atoms with Gasteiger partial charge >= 0.3 is 0 Å². The van der Waals surface area contributed by atoms with Gasteiger partial charge in [0.15, 0.2) is 5.79 Å². The van der Waals surface area contributed by atoms with Crippen molar-refractivity contribution >= 4 is 17.7 Å². The van der Waals surface area contributed by atoms with Crippen LogP contribution >= 0.6 is 11.8 Å². The summed E-state index contributed by atoms with van der Waals surface area (Å²) in [5, 5.41) is 3.05. The molecule has 62 heavy (non-hydrogen) atoms. The number of carbonyl (C=O) groups is 1. The van der Waals surface area contributed by atoms with Gasteiger partial charge in [-0.1, -0.05) is 152 Å². The molecule has 362 valence electrons. The number of amides is 1. The van der Waals surface area contributed by atoms with Crippen LogP contribution in [0.4, 0.5) is 0 Å². The third kappa shape index (κ3) is 36.9. The largest absolute Gasteiger partial charge is 0.381 e. The van der Waals surface area contributed by atoms with Crippen molar-refractivity contribution in [2.24, 2.45) is 0 Å². The Bertz CT molecular complexity index is 1040. The van der Waals surface area contributed by atoms with Crippen molar-refractivity contribution in [3.8, 4) is 0 Å². The molecule has 1 amide bonds. The molecule has 0 aliphatic carbocycles. The van der Waals surface area contributed by atoms with Gasteiger partial charge in [0.1, 0.15) is 0 Å². The van der Waals surface area contributed by atoms with Crippen molar-refractivity contribution in [1.82, 2.24) is 10.2 Å². The molecule has 7 heteroatoms. The smallest absolute Gasteiger partial charge is 0.220 e. The highest BCUT2D eigenvalue weighted by Gasteiger charge is 2.46. The first-order chi connectivity index (χ1) is 30.5. The van der Waals surface area contributed by atoms with E-state index in [4.69, 9.17) is 14.2 Å². The Kier molecular flexibility index (Phi) is 42.4. The third-order valence-electron chi connectivity index (χ3n) is 12.1. The van der Waals surface area contributed by atoms with Crippen LogP contribution in [0, 0.1) is 0 Å². The van der Waals surface area contributed by atoms with E-state index in [0.29, 0.717) is 6.42 Å². The predicted molar refractivity (Wildman–Crippen MR) is 274 cm³/mol. The SMILES string of the molecule is CCCCC/C=C\C/C=C\CCCCCCCCC1(CCCCCCCC/C=C\C/C=C\CCCCC)OC(CCOCCCCCCNC(=O)CCSC)C(CCN(C)C)O1. The van der Waals surface area contributed by atoms with E-state index in [1.54, 1.807) is 11.8 Å². The molecule has 1 saturated heterocycles. The fraction of sp³-hybridized carbons (Fsp3) is 0.836. The molecule has 0 aromatic heterocycles. The molecule has 0 radical (unpaired) electrons. The molecule has 1 heterocycles. The average Bonchev–Trinajstić information content (AvgIpc) is 3.62. The summed E-state index contributed by atoms with van der Waals surface area (Å²) < 4.78 is 20.3. The van der Waals surface area contributed by atoms with Gasteiger partial charge in [-0.05, 0) is 123 Å². The molecule has 1 N–H and O–H groups in total. The van der Waals surface area contributed by atoms with Crippen molar-refractivity contribution in [3.05, 3.63) is 48.6 Å². The lowest BCUT2D eigenvalue weighted by atomic mass is 9.98. The number of hydrogen-bond donors (Lipinski definition) is 1. The van der Waals surface area contributed by atoms with Crippen molar-refractivity contribution in [2.45, 2.75) is 244 Å². The zero-order chi connectivity index (χ0) is 44.9. The molecule has 0 aromatic carbocycles. The summed E-state index contributed by atoms with van der Waals surface area (Å²) in [6, 6.07) is 0. The number of unbranched alkanes of at least 4 members (excludes halogenated alkanes) is 21. The fourth-order valence-corrected chi connectivity index (χ4v) is 8.62. The van der Waals surface area contributed by atoms with Gasteiger partial charge in [0.05, 0.1) is 12.2 Å². The van der Waals surface area contributed by atoms with Gasteiger partial charge in [-0.15, -0.1) is 0 Å². The molecule has 1 rings (SSSR count). The maximum Gasteiger partial charge on any atom is 0.220 e. The van der Waals surface area contributed by atoms with Gasteiger partial charge in [-0.3, -0.25) is 4.79 Å². The molecule has 0 aromatic rings. The summed E-state index contributed by atoms with van der Waals surface area (Å²) in [5.74, 6) is 0.625. The molecule has 0 spiro atoms. The summed E-state index contributed by atoms with van der Waals surface area (Å²) >= 11 is 1.72. The van der Waals surface area contributed by atoms with Gasteiger partial charge in [0.25, 0.3) is 0 Å². The Labute approximate surface area is 390 Å². The molecule has 1 aliphatic rings. The number of nitrogens with one attached hydrogen (secondary N) is 1. The summed E-state index contributed by atoms with van der Waals surface area (Å²) in [6.07, 6.45) is 60.4. The maximum absolute atomic E-state index is 11.8. The van der Waals surface area contributed by atoms with Gasteiger partial charge in [0.2, 0.25) is 5.91 Å². The second-order valence-electron chi connectivity index (χ2n) is 18.4. The molecule has 0 bridgehead atoms. The van der Waals surface area contributed by atoms with Crippen LogP contribution < -0.4 is 5.32 Å². The maximum atomic E-state index is 11.8. The molecular formula is C55H102N2O4S. The number of carbonyl (C=O) groups excluding carboxylic acids is 1. The minimum Gasteiger partial charge on any atom is -0.381 e. The van der Waals surface area contributed by atoms with E-state index < -0.39 is 5.79 Å². The van der Waals surface area contributed by atoms with E-state index in [9.17, 15) is 4.79 Å². The normalized spacial score (nSPS) is 16.7. The molecule has 2 unspecified atom stereocenters. The quantitative estimate of drug-likeness (QED) is 0.0485. The number of nitrogens with zero attached hydrogens (tertiary/aromatic N) is 1. The predicted octanol–water partition coefficient (Wildman–Crippen LogP) is 15.7. The first-order valence-electron chi connectivity index (χ1n) is 26.4. The van der Waals surface area contributed by atoms with E-state index in [-0.39, 0.29) is 18.1 Å². The van der Waals surface area contributed by atoms with Crippen LogP contribution in [-0.2, 0) is 19.0 Å². The van der Waals surface area contributed by atoms with E-state index in [2.05, 4.69) is 86.8 Å². The summed E-state index contributed by atoms with van der Waals surface area (Å²) in [6.45, 7) is 7.85. The van der Waals surface area contributed by atoms with Crippen LogP contribution in [0.15, 0.2) is 48.6 Å². The Morgan fingerprint density at radius 3 is 1.53 bits per heavy atom. The summed E-state index contributed by atoms with van der Waals surface area (Å²) in [4.78, 5) is 14.1. The van der Waals surface area contributed by atoms with Crippen molar-refractivity contribution < 1.29 is 19.0 Å². The van der Waals surface area contributed by atoms with Gasteiger partial charge in [-0.25, -0.2) is 0 Å². The molecule has 2 atom stereocenters. The van der Waals surface area contributed by atoms with Crippen LogP contribution in [0.25, 0.3) is 0 Å². The van der Waals surface area contributed by atoms with Crippen LogP contribution in [0.2, 0.25) is 0 Å². The first-order valence-corrected chi connectivity index (χ1v) is 27.8. The fourth-order valence-electron chi connectivity index (χ4n) is 8.23. The Balaban J connectivity index is 2.54. The van der Waals surface area contributed by atoms with Crippen molar-refractivity contribution in [2.75, 3.05) is 52.4 Å². The first kappa shape index (κ1) is 58.6. The topological polar surface area (TPSA) is 60.0 Å². The lowest BCUT2D eigenvalue weighted by Crippen LogP contribution is -2.31. The van der Waals surface area contributed by atoms with Crippen LogP contribution in [0.1, 0.15) is 226 Å². The zero-order valence-corrected chi connectivity index (χ0v) is 42.4. The number of hydrogen-bond acceptors (Lipinski definition) is 6. The molecule has 1 fully saturated rings. The highest BCUT2D eigenvalue weighted by Crippen LogP contribution is 2.40. The average molecular weight is 887 g/mol. The number of rotatable bonds is 46. The minimum atomic E-state index is -0.447. The van der Waals surface area contributed by atoms with Crippen LogP contribution in [0.3, 0.4) is 0 Å². The Hall–Kier alpha value is -1.38. The molecule has 1 aliphatic heterocycles. The Morgan fingerprint density at radius 2 is 1.03 bits per heavy atom. The van der Waals surface area contributed by atoms with Gasteiger partial charge in [0, 0.05) is 51.3 Å². The minimum absolute atomic E-state index is 0.0962. The van der Waals surface area contributed by atoms with E-state index in [0.717, 1.165) is 96.3 Å². The number of ether oxygens (including phenoxy) is 3. The van der Waals surface area contributed by atoms with E-state index in [1.807, 2.05) is 6.26 Å². The zero-order valence-electron chi connectivity index (χ0n) is 41.6. The van der Waals surface area contributed by atoms with E-state index >= 15 is 0 Å². The second-order valence-corrected chi connectivity index (χ2v) is 19.4. The highest BCUT2D eigenvalue weighted by molar-refractivity contribution is 7.98. The lowest BCUT2D eigenvalue weighted by Gasteiger charge is -2.29. The van der Waals surface area contributed by atoms with Crippen LogP contribution in [-0.4, -0.2) is 81.2 Å². The molecule has 0 saturated carbocycles. The van der Waals surface area contributed by atoms with Gasteiger partial charge in [-0.2, -0.15) is 11.8 Å². The van der Waals surface area contributed by atoms with Crippen molar-refractivity contribution in [1.29, 1.82) is 0 Å². The lowest BCUT2D eigenvalue weighted by molar-refractivity contribution is -0.188. The summed E-state index contributed by atoms with van der Waals surface area (Å²) in [7, 11) is 4.32. The third-order valence-corrected chi connectivity index (χ3v) is 12.8. The molecule has 6 nitrogen and oxygen atoms in total. The standard InChI is InChI=1S/C55H102N2O4S/c1-6-8-10-12-14-16-18-20-22-24-26-28-30-32-34-38-45-55(46-39-35-33-31-29-27-25-23-21-19-17-15-13-11-9-7-2)60-52(42-48-57(3)4)53(61-55)43-50-59-49-41-37-36-40-47-56-54(58)44-51-62-5/h14-17,20-23,52-53H,6-13,18-19,24-51H2,1-5H3,(H,56,58)/b16-14-,17-15-,22-20-,23-21-. The van der Waals surface area contributed by atoms with Gasteiger partial charge < -0.3 is 24.4 Å². The monoisotopic (exact) mass is 887 g/mol. The Morgan fingerprint density at radius 1 is 0.581 bits per heavy atom. The molecular weight excluding hydrogens is 785 g/mol. The van der Waals surface area contributed by atoms with E-state index in [1.165, 1.54) is 141 Å². The summed E-state index contributed by atoms with van der Waals surface area (Å²) in [5.41, 5.74) is 0. The number of thioether (sulfide) groups is 1. The second kappa shape index (κ2) is 44.8. The van der Waals surface area contributed by atoms with Crippen LogP contribution in [0.5, 0.6) is 0 Å². The van der Waals surface area contributed by atoms with Crippen molar-refractivity contribution in [3.63, 3.8) is 0 Å². The highest BCUT2D eigenvalue weighted by atomic mass is 32.2. The number of allylic oxidation sites excluding steroid dienone is 8.